The molecule has 0 radical (unpaired) electrons. The van der Waals surface area contributed by atoms with Crippen LogP contribution in [0.15, 0.2) is 24.5 Å². The summed E-state index contributed by atoms with van der Waals surface area (Å²) in [5.74, 6) is 0.290. The van der Waals surface area contributed by atoms with Gasteiger partial charge in [0, 0.05) is 31.6 Å². The Morgan fingerprint density at radius 2 is 1.96 bits per heavy atom. The highest BCUT2D eigenvalue weighted by atomic mass is 16.2. The van der Waals surface area contributed by atoms with Crippen LogP contribution in [0.2, 0.25) is 0 Å². The zero-order chi connectivity index (χ0) is 18.5. The first kappa shape index (κ1) is 16.8. The summed E-state index contributed by atoms with van der Waals surface area (Å²) in [5.41, 5.74) is 2.72. The SMILES string of the molecule is CN1C(=O)CCCC[C@@H]2[C@@H]1CCN2C(=O)c1ccc2c(c1)ncn2C1CC1. The van der Waals surface area contributed by atoms with Gasteiger partial charge in [0.25, 0.3) is 5.91 Å². The highest BCUT2D eigenvalue weighted by Crippen LogP contribution is 2.37. The molecule has 1 aromatic carbocycles. The van der Waals surface area contributed by atoms with Crippen LogP contribution in [-0.2, 0) is 4.79 Å². The van der Waals surface area contributed by atoms with E-state index in [1.165, 1.54) is 12.8 Å². The predicted molar refractivity (Wildman–Crippen MR) is 102 cm³/mol. The topological polar surface area (TPSA) is 58.4 Å². The molecule has 1 aliphatic carbocycles. The van der Waals surface area contributed by atoms with Crippen LogP contribution in [-0.4, -0.2) is 56.8 Å². The lowest BCUT2D eigenvalue weighted by Crippen LogP contribution is -2.48. The quantitative estimate of drug-likeness (QED) is 0.821. The minimum absolute atomic E-state index is 0.0757. The van der Waals surface area contributed by atoms with Crippen molar-refractivity contribution in [2.75, 3.05) is 13.6 Å². The monoisotopic (exact) mass is 366 g/mol. The lowest BCUT2D eigenvalue weighted by Gasteiger charge is -2.35. The summed E-state index contributed by atoms with van der Waals surface area (Å²) in [6.07, 6.45) is 8.74. The first-order chi connectivity index (χ1) is 13.1. The van der Waals surface area contributed by atoms with E-state index in [0.29, 0.717) is 18.0 Å². The van der Waals surface area contributed by atoms with Crippen LogP contribution in [0, 0.1) is 0 Å². The third-order valence-electron chi connectivity index (χ3n) is 6.56. The van der Waals surface area contributed by atoms with Crippen LogP contribution in [0.1, 0.15) is 61.3 Å². The molecule has 3 fully saturated rings. The zero-order valence-corrected chi connectivity index (χ0v) is 15.8. The summed E-state index contributed by atoms with van der Waals surface area (Å²) in [4.78, 5) is 34.0. The number of nitrogens with zero attached hydrogens (tertiary/aromatic N) is 4. The van der Waals surface area contributed by atoms with Gasteiger partial charge in [-0.05, 0) is 50.3 Å². The van der Waals surface area contributed by atoms with Gasteiger partial charge in [-0.15, -0.1) is 0 Å². The van der Waals surface area contributed by atoms with Gasteiger partial charge >= 0.3 is 0 Å². The van der Waals surface area contributed by atoms with Crippen molar-refractivity contribution in [2.45, 2.75) is 63.1 Å². The minimum Gasteiger partial charge on any atom is -0.341 e. The van der Waals surface area contributed by atoms with Crippen LogP contribution < -0.4 is 0 Å². The molecule has 0 N–H and O–H groups in total. The number of rotatable bonds is 2. The Hall–Kier alpha value is -2.37. The molecule has 2 atom stereocenters. The molecule has 5 rings (SSSR count). The fourth-order valence-corrected chi connectivity index (χ4v) is 4.85. The largest absolute Gasteiger partial charge is 0.341 e. The van der Waals surface area contributed by atoms with Crippen molar-refractivity contribution < 1.29 is 9.59 Å². The molecule has 0 unspecified atom stereocenters. The second-order valence-corrected chi connectivity index (χ2v) is 8.26. The van der Waals surface area contributed by atoms with Gasteiger partial charge < -0.3 is 14.4 Å². The van der Waals surface area contributed by atoms with Crippen molar-refractivity contribution in [1.29, 1.82) is 0 Å². The van der Waals surface area contributed by atoms with Gasteiger partial charge in [-0.25, -0.2) is 4.98 Å². The summed E-state index contributed by atoms with van der Waals surface area (Å²) in [6, 6.07) is 6.78. The number of aromatic nitrogens is 2. The highest BCUT2D eigenvalue weighted by Gasteiger charge is 2.41. The second kappa shape index (κ2) is 6.36. The van der Waals surface area contributed by atoms with Gasteiger partial charge in [-0.2, -0.15) is 0 Å². The Morgan fingerprint density at radius 1 is 1.11 bits per heavy atom. The predicted octanol–water partition coefficient (Wildman–Crippen LogP) is 2.99. The molecule has 0 spiro atoms. The van der Waals surface area contributed by atoms with E-state index in [0.717, 1.165) is 43.3 Å². The Morgan fingerprint density at radius 3 is 2.78 bits per heavy atom. The van der Waals surface area contributed by atoms with E-state index < -0.39 is 0 Å². The van der Waals surface area contributed by atoms with Crippen molar-refractivity contribution in [2.24, 2.45) is 0 Å². The van der Waals surface area contributed by atoms with Gasteiger partial charge in [-0.1, -0.05) is 6.42 Å². The first-order valence-electron chi connectivity index (χ1n) is 10.2. The number of benzene rings is 1. The van der Waals surface area contributed by atoms with E-state index in [2.05, 4.69) is 9.55 Å². The molecule has 1 aromatic heterocycles. The molecule has 2 saturated heterocycles. The van der Waals surface area contributed by atoms with Crippen LogP contribution >= 0.6 is 0 Å². The highest BCUT2D eigenvalue weighted by molar-refractivity contribution is 5.98. The Labute approximate surface area is 159 Å². The van der Waals surface area contributed by atoms with Crippen LogP contribution in [0.3, 0.4) is 0 Å². The van der Waals surface area contributed by atoms with Crippen molar-refractivity contribution in [1.82, 2.24) is 19.4 Å². The number of imidazole rings is 1. The molecular weight excluding hydrogens is 340 g/mol. The summed E-state index contributed by atoms with van der Waals surface area (Å²) in [5, 5.41) is 0. The Bertz CT molecular complexity index is 901. The maximum Gasteiger partial charge on any atom is 0.254 e. The number of carbonyl (C=O) groups is 2. The van der Waals surface area contributed by atoms with E-state index in [-0.39, 0.29) is 23.9 Å². The smallest absolute Gasteiger partial charge is 0.254 e. The van der Waals surface area contributed by atoms with Gasteiger partial charge in [0.2, 0.25) is 5.91 Å². The third kappa shape index (κ3) is 2.82. The number of carbonyl (C=O) groups excluding carboxylic acids is 2. The molecule has 6 nitrogen and oxygen atoms in total. The molecule has 2 aliphatic heterocycles. The summed E-state index contributed by atoms with van der Waals surface area (Å²) >= 11 is 0. The summed E-state index contributed by atoms with van der Waals surface area (Å²) < 4.78 is 2.23. The standard InChI is InChI=1S/C21H26N4O2/c1-23-18-10-11-24(19(18)4-2-3-5-20(23)26)21(27)14-6-9-17-16(12-14)22-13-25(17)15-7-8-15/h6,9,12-13,15,18-19H,2-5,7-8,10-11H2,1H3/t18-,19+/m0/s1. The molecule has 3 heterocycles. The third-order valence-corrected chi connectivity index (χ3v) is 6.56. The van der Waals surface area contributed by atoms with Gasteiger partial charge in [0.1, 0.15) is 0 Å². The first-order valence-corrected chi connectivity index (χ1v) is 10.2. The van der Waals surface area contributed by atoms with E-state index >= 15 is 0 Å². The zero-order valence-electron chi connectivity index (χ0n) is 15.8. The lowest BCUT2D eigenvalue weighted by atomic mass is 9.97. The van der Waals surface area contributed by atoms with Crippen LogP contribution in [0.5, 0.6) is 0 Å². The number of amides is 2. The van der Waals surface area contributed by atoms with Crippen molar-refractivity contribution >= 4 is 22.8 Å². The van der Waals surface area contributed by atoms with Gasteiger partial charge in [0.15, 0.2) is 0 Å². The fraction of sp³-hybridized carbons (Fsp3) is 0.571. The van der Waals surface area contributed by atoms with E-state index in [1.807, 2.05) is 41.4 Å². The van der Waals surface area contributed by atoms with Crippen molar-refractivity contribution in [3.63, 3.8) is 0 Å². The molecule has 27 heavy (non-hydrogen) atoms. The Kier molecular flexibility index (Phi) is 3.95. The number of hydrogen-bond donors (Lipinski definition) is 0. The molecule has 1 saturated carbocycles. The molecule has 2 aromatic rings. The molecule has 2 amide bonds. The van der Waals surface area contributed by atoms with Crippen LogP contribution in [0.4, 0.5) is 0 Å². The number of fused-ring (bicyclic) bond motifs is 2. The van der Waals surface area contributed by atoms with E-state index in [1.54, 1.807) is 0 Å². The average Bonchev–Trinajstić information content (AvgIpc) is 3.30. The molecule has 0 bridgehead atoms. The van der Waals surface area contributed by atoms with E-state index in [9.17, 15) is 9.59 Å². The van der Waals surface area contributed by atoms with Crippen molar-refractivity contribution in [3.05, 3.63) is 30.1 Å². The molecule has 6 heteroatoms. The van der Waals surface area contributed by atoms with E-state index in [4.69, 9.17) is 0 Å². The lowest BCUT2D eigenvalue weighted by molar-refractivity contribution is -0.133. The fourth-order valence-electron chi connectivity index (χ4n) is 4.85. The van der Waals surface area contributed by atoms with Gasteiger partial charge in [0.05, 0.1) is 29.4 Å². The second-order valence-electron chi connectivity index (χ2n) is 8.26. The summed E-state index contributed by atoms with van der Waals surface area (Å²) in [6.45, 7) is 0.723. The molecular formula is C21H26N4O2. The number of likely N-dealkylation sites (tertiary alicyclic amines) is 2. The number of likely N-dealkylation sites (N-methyl/N-ethyl adjacent to an activating group) is 1. The maximum atomic E-state index is 13.3. The average molecular weight is 366 g/mol. The molecule has 3 aliphatic rings. The minimum atomic E-state index is 0.0757. The van der Waals surface area contributed by atoms with Crippen molar-refractivity contribution in [3.8, 4) is 0 Å². The van der Waals surface area contributed by atoms with Crippen LogP contribution in [0.25, 0.3) is 11.0 Å². The number of hydrogen-bond acceptors (Lipinski definition) is 3. The summed E-state index contributed by atoms with van der Waals surface area (Å²) in [7, 11) is 1.90. The maximum absolute atomic E-state index is 13.3. The Balaban J connectivity index is 1.41. The van der Waals surface area contributed by atoms with Gasteiger partial charge in [-0.3, -0.25) is 9.59 Å². The normalized spacial score (nSPS) is 26.2. The molecule has 142 valence electrons.